The topological polar surface area (TPSA) is 67.9 Å². The number of amides is 2. The predicted octanol–water partition coefficient (Wildman–Crippen LogP) is 6.20. The Morgan fingerprint density at radius 1 is 0.872 bits per heavy atom. The molecular formula is C32H35BrN2O4. The fourth-order valence-corrected chi connectivity index (χ4v) is 5.87. The Kier molecular flexibility index (Phi) is 9.19. The fourth-order valence-electron chi connectivity index (χ4n) is 5.42. The van der Waals surface area contributed by atoms with Gasteiger partial charge in [0.05, 0.1) is 0 Å². The van der Waals surface area contributed by atoms with Gasteiger partial charge in [-0.1, -0.05) is 83.7 Å². The number of ether oxygens (including phenoxy) is 2. The minimum Gasteiger partial charge on any atom is -0.454 e. The number of nitrogens with one attached hydrogen (secondary N) is 1. The van der Waals surface area contributed by atoms with Gasteiger partial charge in [-0.15, -0.1) is 0 Å². The van der Waals surface area contributed by atoms with Crippen molar-refractivity contribution in [3.63, 3.8) is 0 Å². The lowest BCUT2D eigenvalue weighted by Gasteiger charge is -2.33. The number of fused-ring (bicyclic) bond motifs is 1. The second-order valence-corrected chi connectivity index (χ2v) is 11.3. The summed E-state index contributed by atoms with van der Waals surface area (Å²) in [5.74, 6) is 1.31. The van der Waals surface area contributed by atoms with E-state index in [-0.39, 0.29) is 31.1 Å². The molecule has 1 aliphatic heterocycles. The third-order valence-electron chi connectivity index (χ3n) is 7.53. The molecule has 0 spiro atoms. The van der Waals surface area contributed by atoms with Crippen molar-refractivity contribution in [1.82, 2.24) is 10.2 Å². The average molecular weight is 592 g/mol. The van der Waals surface area contributed by atoms with Gasteiger partial charge < -0.3 is 19.7 Å². The first-order chi connectivity index (χ1) is 19.0. The zero-order chi connectivity index (χ0) is 27.0. The monoisotopic (exact) mass is 590 g/mol. The maximum atomic E-state index is 13.9. The summed E-state index contributed by atoms with van der Waals surface area (Å²) in [7, 11) is 0. The third-order valence-corrected chi connectivity index (χ3v) is 8.02. The minimum atomic E-state index is -0.613. The highest BCUT2D eigenvalue weighted by atomic mass is 79.9. The van der Waals surface area contributed by atoms with Gasteiger partial charge in [0.2, 0.25) is 18.6 Å². The van der Waals surface area contributed by atoms with Crippen molar-refractivity contribution in [2.75, 3.05) is 6.79 Å². The van der Waals surface area contributed by atoms with Crippen LogP contribution in [0.3, 0.4) is 0 Å². The van der Waals surface area contributed by atoms with E-state index in [0.717, 1.165) is 52.6 Å². The van der Waals surface area contributed by atoms with Crippen LogP contribution in [0.2, 0.25) is 0 Å². The van der Waals surface area contributed by atoms with Crippen molar-refractivity contribution in [3.8, 4) is 11.5 Å². The summed E-state index contributed by atoms with van der Waals surface area (Å²) in [6.45, 7) is 0.574. The van der Waals surface area contributed by atoms with Crippen LogP contribution >= 0.6 is 15.9 Å². The Hall–Kier alpha value is -3.32. The molecule has 1 unspecified atom stereocenters. The highest BCUT2D eigenvalue weighted by Gasteiger charge is 2.32. The molecule has 2 amide bonds. The molecule has 0 radical (unpaired) electrons. The summed E-state index contributed by atoms with van der Waals surface area (Å²) in [5, 5.41) is 3.30. The van der Waals surface area contributed by atoms with E-state index in [0.29, 0.717) is 25.1 Å². The molecule has 0 bridgehead atoms. The molecule has 6 nitrogen and oxygen atoms in total. The Morgan fingerprint density at radius 2 is 1.64 bits per heavy atom. The molecule has 1 aliphatic carbocycles. The molecule has 39 heavy (non-hydrogen) atoms. The van der Waals surface area contributed by atoms with Crippen LogP contribution in [0.25, 0.3) is 0 Å². The predicted molar refractivity (Wildman–Crippen MR) is 155 cm³/mol. The largest absolute Gasteiger partial charge is 0.454 e. The molecule has 0 aromatic heterocycles. The summed E-state index contributed by atoms with van der Waals surface area (Å²) in [6.07, 6.45) is 6.76. The number of hydrogen-bond donors (Lipinski definition) is 1. The van der Waals surface area contributed by atoms with Crippen molar-refractivity contribution in [2.45, 2.75) is 70.0 Å². The molecule has 3 aromatic rings. The molecule has 204 valence electrons. The van der Waals surface area contributed by atoms with E-state index in [1.54, 1.807) is 4.90 Å². The molecule has 1 N–H and O–H groups in total. The van der Waals surface area contributed by atoms with E-state index in [1.165, 1.54) is 6.42 Å². The zero-order valence-electron chi connectivity index (χ0n) is 22.1. The summed E-state index contributed by atoms with van der Waals surface area (Å²) < 4.78 is 11.9. The molecule has 0 saturated heterocycles. The number of carbonyl (C=O) groups is 2. The standard InChI is InChI=1S/C32H35BrN2O4/c33-26-11-7-10-25(18-26)21-35(31(36)17-15-24-14-16-29-30(20-24)39-22-38-29)28(19-23-8-3-1-4-9-23)32(37)34-27-12-5-2-6-13-27/h1,3-4,7-11,14,16,18,20,27-28H,2,5-6,12-13,15,17,19,21-22H2,(H,34,37). The number of nitrogens with zero attached hydrogens (tertiary/aromatic N) is 1. The lowest BCUT2D eigenvalue weighted by molar-refractivity contribution is -0.141. The third kappa shape index (κ3) is 7.41. The first-order valence-corrected chi connectivity index (χ1v) is 14.6. The van der Waals surface area contributed by atoms with Gasteiger partial charge in [-0.2, -0.15) is 0 Å². The van der Waals surface area contributed by atoms with Crippen LogP contribution in [0.4, 0.5) is 0 Å². The number of aryl methyl sites for hydroxylation is 1. The smallest absolute Gasteiger partial charge is 0.243 e. The molecular weight excluding hydrogens is 556 g/mol. The van der Waals surface area contributed by atoms with Crippen molar-refractivity contribution in [3.05, 3.63) is 94.0 Å². The molecule has 5 rings (SSSR count). The van der Waals surface area contributed by atoms with Crippen molar-refractivity contribution in [2.24, 2.45) is 0 Å². The van der Waals surface area contributed by atoms with E-state index in [2.05, 4.69) is 21.2 Å². The molecule has 1 heterocycles. The molecule has 2 aliphatic rings. The minimum absolute atomic E-state index is 0.0487. The first kappa shape index (κ1) is 27.3. The molecule has 1 saturated carbocycles. The van der Waals surface area contributed by atoms with Crippen LogP contribution in [0.1, 0.15) is 55.2 Å². The van der Waals surface area contributed by atoms with Crippen LogP contribution in [0.15, 0.2) is 77.3 Å². The maximum absolute atomic E-state index is 13.9. The van der Waals surface area contributed by atoms with Gasteiger partial charge in [-0.25, -0.2) is 0 Å². The quantitative estimate of drug-likeness (QED) is 0.305. The Bertz CT molecular complexity index is 1280. The summed E-state index contributed by atoms with van der Waals surface area (Å²) in [6, 6.07) is 23.3. The van der Waals surface area contributed by atoms with Gasteiger partial charge in [0.15, 0.2) is 11.5 Å². The number of carbonyl (C=O) groups excluding carboxylic acids is 2. The number of halogens is 1. The summed E-state index contributed by atoms with van der Waals surface area (Å²) in [4.78, 5) is 29.6. The Labute approximate surface area is 238 Å². The van der Waals surface area contributed by atoms with E-state index in [1.807, 2.05) is 72.8 Å². The van der Waals surface area contributed by atoms with Gasteiger partial charge >= 0.3 is 0 Å². The maximum Gasteiger partial charge on any atom is 0.243 e. The lowest BCUT2D eigenvalue weighted by Crippen LogP contribution is -2.52. The first-order valence-electron chi connectivity index (χ1n) is 13.8. The summed E-state index contributed by atoms with van der Waals surface area (Å²) >= 11 is 3.56. The van der Waals surface area contributed by atoms with Crippen LogP contribution in [0, 0.1) is 0 Å². The molecule has 3 aromatic carbocycles. The van der Waals surface area contributed by atoms with E-state index >= 15 is 0 Å². The second-order valence-electron chi connectivity index (χ2n) is 10.4. The van der Waals surface area contributed by atoms with E-state index in [9.17, 15) is 9.59 Å². The zero-order valence-corrected chi connectivity index (χ0v) is 23.7. The number of hydrogen-bond acceptors (Lipinski definition) is 4. The van der Waals surface area contributed by atoms with E-state index < -0.39 is 6.04 Å². The molecule has 7 heteroatoms. The Balaban J connectivity index is 1.40. The van der Waals surface area contributed by atoms with Crippen molar-refractivity contribution >= 4 is 27.7 Å². The average Bonchev–Trinajstić information content (AvgIpc) is 3.43. The Morgan fingerprint density at radius 3 is 2.44 bits per heavy atom. The van der Waals surface area contributed by atoms with Crippen LogP contribution in [-0.2, 0) is 29.0 Å². The lowest BCUT2D eigenvalue weighted by atomic mass is 9.94. The van der Waals surface area contributed by atoms with Crippen LogP contribution < -0.4 is 14.8 Å². The van der Waals surface area contributed by atoms with Gasteiger partial charge in [0.1, 0.15) is 6.04 Å². The van der Waals surface area contributed by atoms with E-state index in [4.69, 9.17) is 9.47 Å². The highest BCUT2D eigenvalue weighted by molar-refractivity contribution is 9.10. The van der Waals surface area contributed by atoms with Crippen LogP contribution in [0.5, 0.6) is 11.5 Å². The second kappa shape index (κ2) is 13.2. The normalized spacial score (nSPS) is 15.5. The van der Waals surface area contributed by atoms with Gasteiger partial charge in [0.25, 0.3) is 0 Å². The summed E-state index contributed by atoms with van der Waals surface area (Å²) in [5.41, 5.74) is 3.01. The van der Waals surface area contributed by atoms with Crippen molar-refractivity contribution in [1.29, 1.82) is 0 Å². The number of benzene rings is 3. The highest BCUT2D eigenvalue weighted by Crippen LogP contribution is 2.33. The van der Waals surface area contributed by atoms with Gasteiger partial charge in [-0.05, 0) is 60.2 Å². The molecule has 1 fully saturated rings. The van der Waals surface area contributed by atoms with Crippen molar-refractivity contribution < 1.29 is 19.1 Å². The van der Waals surface area contributed by atoms with Gasteiger partial charge in [-0.3, -0.25) is 9.59 Å². The number of rotatable bonds is 10. The van der Waals surface area contributed by atoms with Crippen LogP contribution in [-0.4, -0.2) is 35.6 Å². The SMILES string of the molecule is O=C(NC1CCCCC1)C(Cc1ccccc1)N(Cc1cccc(Br)c1)C(=O)CCc1ccc2c(c1)OCO2. The fraction of sp³-hybridized carbons (Fsp3) is 0.375. The molecule has 1 atom stereocenters. The van der Waals surface area contributed by atoms with Gasteiger partial charge in [0, 0.05) is 29.9 Å².